The zero-order chi connectivity index (χ0) is 18.6. The van der Waals surface area contributed by atoms with Gasteiger partial charge in [0.25, 0.3) is 5.91 Å². The monoisotopic (exact) mass is 348 g/mol. The lowest BCUT2D eigenvalue weighted by molar-refractivity contribution is -0.132. The van der Waals surface area contributed by atoms with E-state index in [0.29, 0.717) is 17.7 Å². The molecule has 1 aromatic rings. The Morgan fingerprint density at radius 1 is 1.40 bits per heavy atom. The maximum Gasteiger partial charge on any atom is 0.325 e. The van der Waals surface area contributed by atoms with Gasteiger partial charge in [0.05, 0.1) is 6.54 Å². The van der Waals surface area contributed by atoms with Gasteiger partial charge in [-0.2, -0.15) is 0 Å². The Bertz CT molecular complexity index is 675. The smallest absolute Gasteiger partial charge is 0.325 e. The maximum absolute atomic E-state index is 12.4. The largest absolute Gasteiger partial charge is 0.491 e. The fourth-order valence-corrected chi connectivity index (χ4v) is 2.84. The van der Waals surface area contributed by atoms with Crippen molar-refractivity contribution in [2.24, 2.45) is 0 Å². The van der Waals surface area contributed by atoms with Crippen LogP contribution in [0.5, 0.6) is 5.75 Å². The molecule has 136 valence electrons. The minimum absolute atomic E-state index is 0.0828. The molecule has 2 unspecified atom stereocenters. The van der Waals surface area contributed by atoms with Crippen LogP contribution in [0.2, 0.25) is 0 Å². The van der Waals surface area contributed by atoms with Crippen molar-refractivity contribution in [2.75, 3.05) is 13.2 Å². The first kappa shape index (κ1) is 18.9. The quantitative estimate of drug-likeness (QED) is 0.551. The maximum atomic E-state index is 12.4. The van der Waals surface area contributed by atoms with Gasteiger partial charge in [-0.05, 0) is 32.4 Å². The molecule has 0 bridgehead atoms. The number of ether oxygens (including phenoxy) is 1. The lowest BCUT2D eigenvalue weighted by Crippen LogP contribution is -2.44. The van der Waals surface area contributed by atoms with Crippen molar-refractivity contribution in [3.8, 4) is 5.75 Å². The Kier molecular flexibility index (Phi) is 5.79. The first-order chi connectivity index (χ1) is 11.8. The molecule has 7 heteroatoms. The molecule has 1 aliphatic rings. The molecule has 0 saturated carbocycles. The molecule has 1 heterocycles. The SMILES string of the molecule is CCCC1(C)NC(=O)N(CC(O)COc2cccc(C(C)=O)c2)C1=O. The molecule has 2 N–H and O–H groups in total. The van der Waals surface area contributed by atoms with E-state index >= 15 is 0 Å². The van der Waals surface area contributed by atoms with Crippen LogP contribution in [-0.2, 0) is 4.79 Å². The third-order valence-electron chi connectivity index (χ3n) is 4.17. The second-order valence-electron chi connectivity index (χ2n) is 6.48. The van der Waals surface area contributed by atoms with E-state index in [1.807, 2.05) is 6.92 Å². The van der Waals surface area contributed by atoms with Gasteiger partial charge in [0.2, 0.25) is 0 Å². The van der Waals surface area contributed by atoms with Crippen molar-refractivity contribution in [3.05, 3.63) is 29.8 Å². The summed E-state index contributed by atoms with van der Waals surface area (Å²) in [6, 6.07) is 6.12. The second-order valence-corrected chi connectivity index (χ2v) is 6.48. The molecule has 2 rings (SSSR count). The summed E-state index contributed by atoms with van der Waals surface area (Å²) in [7, 11) is 0. The number of nitrogens with zero attached hydrogens (tertiary/aromatic N) is 1. The standard InChI is InChI=1S/C18H24N2O5/c1-4-8-18(3)16(23)20(17(24)19-18)10-14(22)11-25-15-7-5-6-13(9-15)12(2)21/h5-7,9,14,22H,4,8,10-11H2,1-3H3,(H,19,24). The van der Waals surface area contributed by atoms with Crippen LogP contribution >= 0.6 is 0 Å². The molecule has 7 nitrogen and oxygen atoms in total. The average Bonchev–Trinajstić information content (AvgIpc) is 2.77. The van der Waals surface area contributed by atoms with E-state index in [1.165, 1.54) is 6.92 Å². The molecule has 1 aliphatic heterocycles. The minimum atomic E-state index is -1.03. The van der Waals surface area contributed by atoms with E-state index in [2.05, 4.69) is 5.32 Å². The number of hydrogen-bond donors (Lipinski definition) is 2. The number of rotatable bonds is 8. The lowest BCUT2D eigenvalue weighted by atomic mass is 9.96. The highest BCUT2D eigenvalue weighted by Crippen LogP contribution is 2.23. The number of carbonyl (C=O) groups is 3. The van der Waals surface area contributed by atoms with Crippen LogP contribution in [-0.4, -0.2) is 52.5 Å². The van der Waals surface area contributed by atoms with E-state index in [1.54, 1.807) is 31.2 Å². The van der Waals surface area contributed by atoms with Gasteiger partial charge in [-0.25, -0.2) is 4.79 Å². The van der Waals surface area contributed by atoms with Gasteiger partial charge in [0, 0.05) is 5.56 Å². The first-order valence-electron chi connectivity index (χ1n) is 8.33. The fourth-order valence-electron chi connectivity index (χ4n) is 2.84. The van der Waals surface area contributed by atoms with Crippen molar-refractivity contribution in [1.29, 1.82) is 0 Å². The highest BCUT2D eigenvalue weighted by Gasteiger charge is 2.47. The van der Waals surface area contributed by atoms with Gasteiger partial charge in [-0.3, -0.25) is 14.5 Å². The number of β-amino-alcohol motifs (C(OH)–C–C–N with tert-alkyl or cyclic N) is 1. The Morgan fingerprint density at radius 2 is 2.12 bits per heavy atom. The molecule has 0 aromatic heterocycles. The number of ketones is 1. The van der Waals surface area contributed by atoms with Crippen LogP contribution in [0.1, 0.15) is 44.0 Å². The number of amides is 3. The summed E-state index contributed by atoms with van der Waals surface area (Å²) >= 11 is 0. The molecule has 0 aliphatic carbocycles. The molecule has 0 spiro atoms. The van der Waals surface area contributed by atoms with Crippen LogP contribution in [0.25, 0.3) is 0 Å². The fraction of sp³-hybridized carbons (Fsp3) is 0.500. The van der Waals surface area contributed by atoms with Crippen LogP contribution in [0, 0.1) is 0 Å². The van der Waals surface area contributed by atoms with Gasteiger partial charge < -0.3 is 15.2 Å². The average molecular weight is 348 g/mol. The number of nitrogens with one attached hydrogen (secondary N) is 1. The number of Topliss-reactive ketones (excluding diaryl/α,β-unsaturated/α-hetero) is 1. The number of benzene rings is 1. The van der Waals surface area contributed by atoms with E-state index in [0.717, 1.165) is 11.3 Å². The molecule has 1 saturated heterocycles. The van der Waals surface area contributed by atoms with Crippen LogP contribution in [0.15, 0.2) is 24.3 Å². The summed E-state index contributed by atoms with van der Waals surface area (Å²) < 4.78 is 5.47. The first-order valence-corrected chi connectivity index (χ1v) is 8.33. The van der Waals surface area contributed by atoms with Crippen LogP contribution < -0.4 is 10.1 Å². The normalized spacial score (nSPS) is 21.2. The third-order valence-corrected chi connectivity index (χ3v) is 4.17. The lowest BCUT2D eigenvalue weighted by Gasteiger charge is -2.22. The van der Waals surface area contributed by atoms with E-state index in [9.17, 15) is 19.5 Å². The van der Waals surface area contributed by atoms with Crippen molar-refractivity contribution in [3.63, 3.8) is 0 Å². The Labute approximate surface area is 147 Å². The summed E-state index contributed by atoms with van der Waals surface area (Å²) in [4.78, 5) is 36.8. The number of carbonyl (C=O) groups excluding carboxylic acids is 3. The molecule has 25 heavy (non-hydrogen) atoms. The Hall–Kier alpha value is -2.41. The van der Waals surface area contributed by atoms with Crippen molar-refractivity contribution < 1.29 is 24.2 Å². The number of hydrogen-bond acceptors (Lipinski definition) is 5. The van der Waals surface area contributed by atoms with E-state index in [-0.39, 0.29) is 24.8 Å². The summed E-state index contributed by atoms with van der Waals surface area (Å²) in [5, 5.41) is 12.8. The van der Waals surface area contributed by atoms with Gasteiger partial charge in [-0.15, -0.1) is 0 Å². The van der Waals surface area contributed by atoms with E-state index < -0.39 is 17.7 Å². The van der Waals surface area contributed by atoms with Crippen molar-refractivity contribution >= 4 is 17.7 Å². The van der Waals surface area contributed by atoms with Gasteiger partial charge in [-0.1, -0.05) is 25.5 Å². The highest BCUT2D eigenvalue weighted by molar-refractivity contribution is 6.06. The Morgan fingerprint density at radius 3 is 2.76 bits per heavy atom. The topological polar surface area (TPSA) is 95.9 Å². The minimum Gasteiger partial charge on any atom is -0.491 e. The predicted molar refractivity (Wildman–Crippen MR) is 91.5 cm³/mol. The summed E-state index contributed by atoms with van der Waals surface area (Å²) in [6.07, 6.45) is 0.271. The van der Waals surface area contributed by atoms with Gasteiger partial charge in [0.1, 0.15) is 24.0 Å². The molecular weight excluding hydrogens is 324 g/mol. The molecule has 0 radical (unpaired) electrons. The number of aliphatic hydroxyl groups excluding tert-OH is 1. The zero-order valence-corrected chi connectivity index (χ0v) is 14.7. The summed E-state index contributed by atoms with van der Waals surface area (Å²) in [5.41, 5.74) is -0.404. The number of aliphatic hydroxyl groups is 1. The molecule has 2 atom stereocenters. The summed E-state index contributed by atoms with van der Waals surface area (Å²) in [5.74, 6) is 0.0253. The molecular formula is C18H24N2O5. The predicted octanol–water partition coefficient (Wildman–Crippen LogP) is 1.74. The van der Waals surface area contributed by atoms with Crippen molar-refractivity contribution in [1.82, 2.24) is 10.2 Å². The highest BCUT2D eigenvalue weighted by atomic mass is 16.5. The van der Waals surface area contributed by atoms with Crippen LogP contribution in [0.3, 0.4) is 0 Å². The third kappa shape index (κ3) is 4.36. The molecule has 3 amide bonds. The second kappa shape index (κ2) is 7.65. The Balaban J connectivity index is 1.93. The zero-order valence-electron chi connectivity index (χ0n) is 14.7. The van der Waals surface area contributed by atoms with E-state index in [4.69, 9.17) is 4.74 Å². The van der Waals surface area contributed by atoms with Gasteiger partial charge >= 0.3 is 6.03 Å². The van der Waals surface area contributed by atoms with Crippen molar-refractivity contribution in [2.45, 2.75) is 45.3 Å². The van der Waals surface area contributed by atoms with Crippen LogP contribution in [0.4, 0.5) is 4.79 Å². The molecule has 1 aromatic carbocycles. The van der Waals surface area contributed by atoms with Gasteiger partial charge in [0.15, 0.2) is 5.78 Å². The summed E-state index contributed by atoms with van der Waals surface area (Å²) in [6.45, 7) is 4.84. The molecule has 1 fully saturated rings. The number of imide groups is 1. The number of urea groups is 1.